The highest BCUT2D eigenvalue weighted by Crippen LogP contribution is 2.26. The second kappa shape index (κ2) is 7.66. The molecule has 0 atom stereocenters. The first-order valence-electron chi connectivity index (χ1n) is 9.70. The first-order valence-corrected chi connectivity index (χ1v) is 9.70. The van der Waals surface area contributed by atoms with Crippen molar-refractivity contribution in [3.05, 3.63) is 58.9 Å². The number of ketones is 1. The fourth-order valence-corrected chi connectivity index (χ4v) is 3.83. The van der Waals surface area contributed by atoms with Gasteiger partial charge < -0.3 is 15.1 Å². The molecule has 0 spiro atoms. The van der Waals surface area contributed by atoms with Crippen molar-refractivity contribution in [2.24, 2.45) is 0 Å². The molecule has 1 saturated heterocycles. The Morgan fingerprint density at radius 3 is 2.38 bits per heavy atom. The summed E-state index contributed by atoms with van der Waals surface area (Å²) < 4.78 is 14.4. The van der Waals surface area contributed by atoms with Gasteiger partial charge in [-0.3, -0.25) is 14.4 Å². The highest BCUT2D eigenvalue weighted by molar-refractivity contribution is 5.98. The van der Waals surface area contributed by atoms with Gasteiger partial charge >= 0.3 is 0 Å². The number of carbonyl (C=O) groups is 3. The minimum Gasteiger partial charge on any atom is -0.366 e. The number of hydrogen-bond donors (Lipinski definition) is 1. The van der Waals surface area contributed by atoms with Crippen LogP contribution in [0.5, 0.6) is 0 Å². The van der Waals surface area contributed by atoms with E-state index >= 15 is 0 Å². The fourth-order valence-electron chi connectivity index (χ4n) is 3.83. The fraction of sp³-hybridized carbons (Fsp3) is 0.318. The van der Waals surface area contributed by atoms with E-state index < -0.39 is 5.82 Å². The van der Waals surface area contributed by atoms with Gasteiger partial charge in [0, 0.05) is 49.4 Å². The Kier molecular flexibility index (Phi) is 5.05. The smallest absolute Gasteiger partial charge is 0.253 e. The first-order chi connectivity index (χ1) is 13.9. The van der Waals surface area contributed by atoms with Crippen LogP contribution in [-0.2, 0) is 11.2 Å². The van der Waals surface area contributed by atoms with Crippen molar-refractivity contribution in [2.45, 2.75) is 19.8 Å². The number of benzene rings is 2. The molecule has 2 aromatic carbocycles. The number of carbonyl (C=O) groups excluding carboxylic acids is 3. The summed E-state index contributed by atoms with van der Waals surface area (Å²) in [5, 5.41) is 2.82. The Bertz CT molecular complexity index is 997. The molecule has 0 saturated carbocycles. The SMILES string of the molecule is CC(=O)c1ccc(N2CCN(C(=O)c3ccc4c(c3)CCC(=O)N4)CC2)c(F)c1. The van der Waals surface area contributed by atoms with Gasteiger partial charge in [-0.2, -0.15) is 0 Å². The van der Waals surface area contributed by atoms with Gasteiger partial charge in [-0.25, -0.2) is 4.39 Å². The Labute approximate surface area is 168 Å². The highest BCUT2D eigenvalue weighted by atomic mass is 19.1. The topological polar surface area (TPSA) is 69.7 Å². The van der Waals surface area contributed by atoms with Crippen molar-refractivity contribution in [1.82, 2.24) is 4.90 Å². The maximum absolute atomic E-state index is 14.4. The van der Waals surface area contributed by atoms with E-state index in [0.717, 1.165) is 11.3 Å². The predicted molar refractivity (Wildman–Crippen MR) is 108 cm³/mol. The molecule has 2 heterocycles. The second-order valence-electron chi connectivity index (χ2n) is 7.42. The van der Waals surface area contributed by atoms with Crippen LogP contribution in [0, 0.1) is 5.82 Å². The molecule has 0 aromatic heterocycles. The van der Waals surface area contributed by atoms with Gasteiger partial charge in [0.2, 0.25) is 5.91 Å². The Hall–Kier alpha value is -3.22. The van der Waals surface area contributed by atoms with Gasteiger partial charge in [0.1, 0.15) is 5.82 Å². The second-order valence-corrected chi connectivity index (χ2v) is 7.42. The van der Waals surface area contributed by atoms with Gasteiger partial charge in [0.25, 0.3) is 5.91 Å². The minimum absolute atomic E-state index is 0.00346. The molecular weight excluding hydrogens is 373 g/mol. The number of fused-ring (bicyclic) bond motifs is 1. The highest BCUT2D eigenvalue weighted by Gasteiger charge is 2.25. The number of nitrogens with zero attached hydrogens (tertiary/aromatic N) is 2. The van der Waals surface area contributed by atoms with Gasteiger partial charge in [0.05, 0.1) is 5.69 Å². The molecule has 29 heavy (non-hydrogen) atoms. The van der Waals surface area contributed by atoms with Crippen LogP contribution in [-0.4, -0.2) is 48.7 Å². The lowest BCUT2D eigenvalue weighted by Crippen LogP contribution is -2.49. The van der Waals surface area contributed by atoms with Crippen LogP contribution < -0.4 is 10.2 Å². The zero-order valence-electron chi connectivity index (χ0n) is 16.2. The van der Waals surface area contributed by atoms with Crippen LogP contribution in [0.3, 0.4) is 0 Å². The molecule has 4 rings (SSSR count). The lowest BCUT2D eigenvalue weighted by molar-refractivity contribution is -0.116. The Morgan fingerprint density at radius 1 is 0.966 bits per heavy atom. The molecule has 0 unspecified atom stereocenters. The molecule has 2 aromatic rings. The first kappa shape index (κ1) is 19.1. The predicted octanol–water partition coefficient (Wildman–Crippen LogP) is 2.88. The van der Waals surface area contributed by atoms with Crippen molar-refractivity contribution in [3.63, 3.8) is 0 Å². The Balaban J connectivity index is 1.43. The van der Waals surface area contributed by atoms with Crippen molar-refractivity contribution >= 4 is 29.0 Å². The van der Waals surface area contributed by atoms with E-state index in [1.165, 1.54) is 13.0 Å². The van der Waals surface area contributed by atoms with Crippen LogP contribution in [0.2, 0.25) is 0 Å². The van der Waals surface area contributed by atoms with E-state index in [-0.39, 0.29) is 17.6 Å². The average molecular weight is 395 g/mol. The van der Waals surface area contributed by atoms with Gasteiger partial charge in [-0.1, -0.05) is 0 Å². The number of hydrogen-bond acceptors (Lipinski definition) is 4. The molecule has 0 aliphatic carbocycles. The molecule has 0 radical (unpaired) electrons. The quantitative estimate of drug-likeness (QED) is 0.812. The Morgan fingerprint density at radius 2 is 1.69 bits per heavy atom. The molecule has 6 nitrogen and oxygen atoms in total. The maximum Gasteiger partial charge on any atom is 0.253 e. The van der Waals surface area contributed by atoms with Gasteiger partial charge in [-0.15, -0.1) is 0 Å². The summed E-state index contributed by atoms with van der Waals surface area (Å²) in [6.45, 7) is 3.42. The van der Waals surface area contributed by atoms with Crippen LogP contribution in [0.15, 0.2) is 36.4 Å². The number of amides is 2. The summed E-state index contributed by atoms with van der Waals surface area (Å²) in [6, 6.07) is 9.89. The van der Waals surface area contributed by atoms with Crippen LogP contribution in [0.25, 0.3) is 0 Å². The number of piperazine rings is 1. The van der Waals surface area contributed by atoms with Crippen LogP contribution in [0.1, 0.15) is 39.6 Å². The lowest BCUT2D eigenvalue weighted by atomic mass is 10.00. The third kappa shape index (κ3) is 3.85. The summed E-state index contributed by atoms with van der Waals surface area (Å²) in [4.78, 5) is 39.4. The standard InChI is InChI=1S/C22H22FN3O3/c1-14(27)15-3-6-20(18(23)13-15)25-8-10-26(11-9-25)22(29)17-2-5-19-16(12-17)4-7-21(28)24-19/h2-3,5-6,12-13H,4,7-11H2,1H3,(H,24,28). The van der Waals surface area contributed by atoms with Crippen molar-refractivity contribution in [1.29, 1.82) is 0 Å². The normalized spacial score (nSPS) is 16.3. The van der Waals surface area contributed by atoms with Gasteiger partial charge in [0.15, 0.2) is 5.78 Å². The third-order valence-corrected chi connectivity index (χ3v) is 5.51. The summed E-state index contributed by atoms with van der Waals surface area (Å²) in [7, 11) is 0. The zero-order valence-corrected chi connectivity index (χ0v) is 16.2. The van der Waals surface area contributed by atoms with Crippen molar-refractivity contribution in [2.75, 3.05) is 36.4 Å². The minimum atomic E-state index is -0.422. The number of rotatable bonds is 3. The molecule has 1 fully saturated rings. The molecule has 2 aliphatic heterocycles. The van der Waals surface area contributed by atoms with Crippen molar-refractivity contribution < 1.29 is 18.8 Å². The number of halogens is 1. The average Bonchev–Trinajstić information content (AvgIpc) is 2.73. The zero-order chi connectivity index (χ0) is 20.5. The molecule has 0 bridgehead atoms. The molecule has 150 valence electrons. The summed E-state index contributed by atoms with van der Waals surface area (Å²) >= 11 is 0. The molecule has 7 heteroatoms. The van der Waals surface area contributed by atoms with E-state index in [4.69, 9.17) is 0 Å². The van der Waals surface area contributed by atoms with Crippen molar-refractivity contribution in [3.8, 4) is 0 Å². The number of Topliss-reactive ketones (excluding diaryl/α,β-unsaturated/α-hetero) is 1. The largest absolute Gasteiger partial charge is 0.366 e. The van der Waals surface area contributed by atoms with E-state index in [2.05, 4.69) is 5.32 Å². The van der Waals surface area contributed by atoms with E-state index in [9.17, 15) is 18.8 Å². The maximum atomic E-state index is 14.4. The number of aryl methyl sites for hydroxylation is 1. The number of anilines is 2. The summed E-state index contributed by atoms with van der Waals surface area (Å²) in [5.74, 6) is -0.655. The molecule has 2 aliphatic rings. The lowest BCUT2D eigenvalue weighted by Gasteiger charge is -2.36. The van der Waals surface area contributed by atoms with E-state index in [1.54, 1.807) is 29.2 Å². The summed E-state index contributed by atoms with van der Waals surface area (Å²) in [5.41, 5.74) is 3.15. The van der Waals surface area contributed by atoms with E-state index in [1.807, 2.05) is 11.0 Å². The van der Waals surface area contributed by atoms with Crippen LogP contribution in [0.4, 0.5) is 15.8 Å². The summed E-state index contributed by atoms with van der Waals surface area (Å²) in [6.07, 6.45) is 1.06. The van der Waals surface area contributed by atoms with Gasteiger partial charge in [-0.05, 0) is 55.3 Å². The third-order valence-electron chi connectivity index (χ3n) is 5.51. The number of nitrogens with one attached hydrogen (secondary N) is 1. The monoisotopic (exact) mass is 395 g/mol. The molecule has 1 N–H and O–H groups in total. The molecular formula is C22H22FN3O3. The molecule has 2 amide bonds. The van der Waals surface area contributed by atoms with E-state index in [0.29, 0.717) is 55.8 Å². The van der Waals surface area contributed by atoms with Crippen LogP contribution >= 0.6 is 0 Å².